The van der Waals surface area contributed by atoms with Crippen LogP contribution in [-0.2, 0) is 0 Å². The number of methoxy groups -OCH3 is 1. The molecule has 0 saturated heterocycles. The van der Waals surface area contributed by atoms with Gasteiger partial charge in [0.15, 0.2) is 11.5 Å². The maximum Gasteiger partial charge on any atom is 0.166 e. The van der Waals surface area contributed by atoms with Crippen LogP contribution in [0.3, 0.4) is 0 Å². The van der Waals surface area contributed by atoms with Crippen molar-refractivity contribution in [1.29, 1.82) is 0 Å². The number of hydrogen-bond donors (Lipinski definition) is 1. The third-order valence-corrected chi connectivity index (χ3v) is 3.58. The molecule has 0 aliphatic rings. The molecule has 0 amide bonds. The molecule has 0 aromatic heterocycles. The standard InChI is InChI=1S/C20H17NO2/c1-23-19-13-7-10-16(20(19)22)14-21-18-12-6-5-11-17(18)15-8-3-2-4-9-15/h2-14,22H,1H3. The molecule has 0 fully saturated rings. The molecule has 0 aliphatic carbocycles. The average molecular weight is 303 g/mol. The molecule has 0 aliphatic heterocycles. The molecule has 0 saturated carbocycles. The van der Waals surface area contributed by atoms with Gasteiger partial charge in [0.05, 0.1) is 12.8 Å². The Morgan fingerprint density at radius 2 is 1.61 bits per heavy atom. The number of phenols is 1. The van der Waals surface area contributed by atoms with Crippen LogP contribution in [0.1, 0.15) is 5.56 Å². The largest absolute Gasteiger partial charge is 0.504 e. The van der Waals surface area contributed by atoms with E-state index in [1.165, 1.54) is 7.11 Å². The summed E-state index contributed by atoms with van der Waals surface area (Å²) in [6.07, 6.45) is 1.65. The number of nitrogens with zero attached hydrogens (tertiary/aromatic N) is 1. The second-order valence-electron chi connectivity index (χ2n) is 5.04. The second-order valence-corrected chi connectivity index (χ2v) is 5.04. The van der Waals surface area contributed by atoms with E-state index < -0.39 is 0 Å². The number of benzene rings is 3. The first-order valence-corrected chi connectivity index (χ1v) is 7.34. The van der Waals surface area contributed by atoms with Crippen molar-refractivity contribution in [2.24, 2.45) is 4.99 Å². The van der Waals surface area contributed by atoms with Crippen molar-refractivity contribution >= 4 is 11.9 Å². The van der Waals surface area contributed by atoms with E-state index in [1.54, 1.807) is 18.3 Å². The summed E-state index contributed by atoms with van der Waals surface area (Å²) in [5.41, 5.74) is 3.62. The maximum absolute atomic E-state index is 10.1. The molecule has 3 nitrogen and oxygen atoms in total. The van der Waals surface area contributed by atoms with Crippen LogP contribution in [0.2, 0.25) is 0 Å². The van der Waals surface area contributed by atoms with Crippen LogP contribution in [0.25, 0.3) is 11.1 Å². The number of ether oxygens (including phenoxy) is 1. The van der Waals surface area contributed by atoms with E-state index in [9.17, 15) is 5.11 Å². The zero-order valence-electron chi connectivity index (χ0n) is 12.8. The highest BCUT2D eigenvalue weighted by Crippen LogP contribution is 2.31. The molecule has 0 unspecified atom stereocenters. The zero-order valence-corrected chi connectivity index (χ0v) is 12.8. The molecule has 3 heteroatoms. The SMILES string of the molecule is COc1cccc(C=Nc2ccccc2-c2ccccc2)c1O. The lowest BCUT2D eigenvalue weighted by Gasteiger charge is -2.07. The maximum atomic E-state index is 10.1. The van der Waals surface area contributed by atoms with Gasteiger partial charge in [-0.05, 0) is 23.8 Å². The Kier molecular flexibility index (Phi) is 4.39. The Morgan fingerprint density at radius 3 is 2.39 bits per heavy atom. The van der Waals surface area contributed by atoms with Gasteiger partial charge in [-0.15, -0.1) is 0 Å². The number of aromatic hydroxyl groups is 1. The van der Waals surface area contributed by atoms with Crippen molar-refractivity contribution in [3.8, 4) is 22.6 Å². The lowest BCUT2D eigenvalue weighted by molar-refractivity contribution is 0.373. The highest BCUT2D eigenvalue weighted by molar-refractivity contribution is 5.89. The van der Waals surface area contributed by atoms with Gasteiger partial charge in [0.1, 0.15) is 0 Å². The molecule has 3 aromatic rings. The molecule has 3 aromatic carbocycles. The summed E-state index contributed by atoms with van der Waals surface area (Å²) in [4.78, 5) is 4.55. The monoisotopic (exact) mass is 303 g/mol. The van der Waals surface area contributed by atoms with Gasteiger partial charge in [-0.2, -0.15) is 0 Å². The predicted octanol–water partition coefficient (Wildman–Crippen LogP) is 4.82. The van der Waals surface area contributed by atoms with Gasteiger partial charge in [-0.25, -0.2) is 0 Å². The lowest BCUT2D eigenvalue weighted by atomic mass is 10.0. The van der Waals surface area contributed by atoms with E-state index >= 15 is 0 Å². The summed E-state index contributed by atoms with van der Waals surface area (Å²) < 4.78 is 5.12. The Hall–Kier alpha value is -3.07. The van der Waals surface area contributed by atoms with E-state index in [-0.39, 0.29) is 5.75 Å². The third-order valence-electron chi connectivity index (χ3n) is 3.58. The topological polar surface area (TPSA) is 41.8 Å². The molecule has 114 valence electrons. The number of aliphatic imine (C=N–C) groups is 1. The first-order valence-electron chi connectivity index (χ1n) is 7.34. The number of rotatable bonds is 4. The van der Waals surface area contributed by atoms with E-state index in [0.29, 0.717) is 11.3 Å². The lowest BCUT2D eigenvalue weighted by Crippen LogP contribution is -1.88. The summed E-state index contributed by atoms with van der Waals surface area (Å²) in [6.45, 7) is 0. The minimum atomic E-state index is 0.0935. The highest BCUT2D eigenvalue weighted by atomic mass is 16.5. The number of phenolic OH excluding ortho intramolecular Hbond substituents is 1. The zero-order chi connectivity index (χ0) is 16.1. The average Bonchev–Trinajstić information content (AvgIpc) is 2.62. The van der Waals surface area contributed by atoms with Gasteiger partial charge in [-0.1, -0.05) is 54.6 Å². The van der Waals surface area contributed by atoms with E-state index in [0.717, 1.165) is 16.8 Å². The Bertz CT molecular complexity index is 826. The Labute approximate surface area is 135 Å². The van der Waals surface area contributed by atoms with Crippen molar-refractivity contribution in [3.05, 3.63) is 78.4 Å². The summed E-state index contributed by atoms with van der Waals surface area (Å²) in [7, 11) is 1.53. The molecule has 0 atom stereocenters. The van der Waals surface area contributed by atoms with Gasteiger partial charge >= 0.3 is 0 Å². The fourth-order valence-electron chi connectivity index (χ4n) is 2.40. The smallest absolute Gasteiger partial charge is 0.166 e. The first kappa shape index (κ1) is 14.9. The van der Waals surface area contributed by atoms with Crippen LogP contribution < -0.4 is 4.74 Å². The fourth-order valence-corrected chi connectivity index (χ4v) is 2.40. The van der Waals surface area contributed by atoms with Crippen molar-refractivity contribution in [1.82, 2.24) is 0 Å². The van der Waals surface area contributed by atoms with E-state index in [4.69, 9.17) is 4.74 Å². The van der Waals surface area contributed by atoms with Crippen molar-refractivity contribution in [2.75, 3.05) is 7.11 Å². The highest BCUT2D eigenvalue weighted by Gasteiger charge is 2.06. The Morgan fingerprint density at radius 1 is 0.870 bits per heavy atom. The fraction of sp³-hybridized carbons (Fsp3) is 0.0500. The molecular formula is C20H17NO2. The van der Waals surface area contributed by atoms with Crippen LogP contribution in [0.5, 0.6) is 11.5 Å². The molecule has 0 spiro atoms. The summed E-state index contributed by atoms with van der Waals surface area (Å²) in [5, 5.41) is 10.1. The normalized spacial score (nSPS) is 10.8. The molecular weight excluding hydrogens is 286 g/mol. The second kappa shape index (κ2) is 6.79. The molecule has 0 radical (unpaired) electrons. The van der Waals surface area contributed by atoms with Gasteiger partial charge < -0.3 is 9.84 Å². The molecule has 0 heterocycles. The summed E-state index contributed by atoms with van der Waals surface area (Å²) in [6, 6.07) is 23.4. The molecule has 1 N–H and O–H groups in total. The molecule has 0 bridgehead atoms. The summed E-state index contributed by atoms with van der Waals surface area (Å²) in [5.74, 6) is 0.529. The van der Waals surface area contributed by atoms with Gasteiger partial charge in [-0.3, -0.25) is 4.99 Å². The molecule has 23 heavy (non-hydrogen) atoms. The van der Waals surface area contributed by atoms with E-state index in [2.05, 4.69) is 17.1 Å². The van der Waals surface area contributed by atoms with Crippen LogP contribution in [0, 0.1) is 0 Å². The summed E-state index contributed by atoms with van der Waals surface area (Å²) >= 11 is 0. The van der Waals surface area contributed by atoms with Crippen molar-refractivity contribution in [3.63, 3.8) is 0 Å². The quantitative estimate of drug-likeness (QED) is 0.702. The van der Waals surface area contributed by atoms with Crippen LogP contribution >= 0.6 is 0 Å². The minimum absolute atomic E-state index is 0.0935. The van der Waals surface area contributed by atoms with Crippen LogP contribution in [0.15, 0.2) is 77.8 Å². The van der Waals surface area contributed by atoms with Crippen molar-refractivity contribution in [2.45, 2.75) is 0 Å². The van der Waals surface area contributed by atoms with Crippen LogP contribution in [0.4, 0.5) is 5.69 Å². The van der Waals surface area contributed by atoms with Crippen LogP contribution in [-0.4, -0.2) is 18.4 Å². The van der Waals surface area contributed by atoms with Crippen molar-refractivity contribution < 1.29 is 9.84 Å². The number of para-hydroxylation sites is 2. The predicted molar refractivity (Wildman–Crippen MR) is 93.8 cm³/mol. The number of hydrogen-bond acceptors (Lipinski definition) is 3. The van der Waals surface area contributed by atoms with Gasteiger partial charge in [0, 0.05) is 17.3 Å². The van der Waals surface area contributed by atoms with E-state index in [1.807, 2.05) is 48.5 Å². The van der Waals surface area contributed by atoms with Gasteiger partial charge in [0.25, 0.3) is 0 Å². The Balaban J connectivity index is 1.98. The van der Waals surface area contributed by atoms with Gasteiger partial charge in [0.2, 0.25) is 0 Å². The molecule has 3 rings (SSSR count). The minimum Gasteiger partial charge on any atom is -0.504 e. The third kappa shape index (κ3) is 3.24. The first-order chi connectivity index (χ1) is 11.3.